The summed E-state index contributed by atoms with van der Waals surface area (Å²) in [6.45, 7) is 28.7. The van der Waals surface area contributed by atoms with Gasteiger partial charge in [-0.25, -0.2) is 0 Å². The lowest BCUT2D eigenvalue weighted by molar-refractivity contribution is -0.00000700. The summed E-state index contributed by atoms with van der Waals surface area (Å²) in [5, 5.41) is 0. The van der Waals surface area contributed by atoms with E-state index >= 15 is 0 Å². The second kappa shape index (κ2) is 20.6. The highest BCUT2D eigenvalue weighted by atomic mass is 127. The van der Waals surface area contributed by atoms with Crippen molar-refractivity contribution in [1.29, 1.82) is 0 Å². The zero-order valence-electron chi connectivity index (χ0n) is 21.9. The molecular formula is C24H56IN4P. The fraction of sp³-hybridized carbons (Fsp3) is 1.00. The summed E-state index contributed by atoms with van der Waals surface area (Å²) in [7, 11) is -1.74. The van der Waals surface area contributed by atoms with E-state index in [2.05, 4.69) is 74.1 Å². The van der Waals surface area contributed by atoms with E-state index < -0.39 is 7.87 Å². The molecule has 0 saturated heterocycles. The molecule has 0 N–H and O–H groups in total. The lowest BCUT2D eigenvalue weighted by Crippen LogP contribution is -3.00. The van der Waals surface area contributed by atoms with Gasteiger partial charge in [0.05, 0.1) is 0 Å². The smallest absolute Gasteiger partial charge is 0.308 e. The van der Waals surface area contributed by atoms with E-state index in [0.717, 1.165) is 0 Å². The molecule has 0 rings (SSSR count). The Balaban J connectivity index is 0. The lowest BCUT2D eigenvalue weighted by atomic mass is 10.4. The van der Waals surface area contributed by atoms with Crippen LogP contribution in [0.1, 0.15) is 107 Å². The van der Waals surface area contributed by atoms with Crippen molar-refractivity contribution in [3.05, 3.63) is 0 Å². The van der Waals surface area contributed by atoms with Crippen molar-refractivity contribution in [2.24, 2.45) is 0 Å². The summed E-state index contributed by atoms with van der Waals surface area (Å²) in [5.74, 6) is 0. The molecule has 0 aliphatic carbocycles. The third-order valence-electron chi connectivity index (χ3n) is 5.37. The Morgan fingerprint density at radius 1 is 0.333 bits per heavy atom. The van der Waals surface area contributed by atoms with Gasteiger partial charge in [-0.3, -0.25) is 0 Å². The third-order valence-corrected chi connectivity index (χ3v) is 10.0. The average molecular weight is 559 g/mol. The van der Waals surface area contributed by atoms with Gasteiger partial charge in [0.1, 0.15) is 0 Å². The first-order valence-electron chi connectivity index (χ1n) is 13.0. The molecule has 30 heavy (non-hydrogen) atoms. The van der Waals surface area contributed by atoms with E-state index in [-0.39, 0.29) is 24.0 Å². The van der Waals surface area contributed by atoms with Crippen LogP contribution in [-0.2, 0) is 0 Å². The Labute approximate surface area is 209 Å². The molecule has 0 aromatic carbocycles. The lowest BCUT2D eigenvalue weighted by Gasteiger charge is -2.51. The first kappa shape index (κ1) is 33.2. The number of hydrogen-bond donors (Lipinski definition) is 0. The molecule has 4 nitrogen and oxygen atoms in total. The van der Waals surface area contributed by atoms with E-state index in [1.807, 2.05) is 0 Å². The molecule has 0 aliphatic heterocycles. The van der Waals surface area contributed by atoms with Crippen LogP contribution in [0.25, 0.3) is 0 Å². The van der Waals surface area contributed by atoms with Crippen LogP contribution in [-0.4, -0.2) is 71.0 Å². The first-order chi connectivity index (χ1) is 14.1. The third kappa shape index (κ3) is 9.47. The maximum atomic E-state index is 2.97. The molecule has 0 bridgehead atoms. The van der Waals surface area contributed by atoms with Gasteiger partial charge in [0.2, 0.25) is 0 Å². The Hall–Kier alpha value is 1.00. The number of hydrogen-bond acceptors (Lipinski definition) is 4. The van der Waals surface area contributed by atoms with Gasteiger partial charge in [-0.2, -0.15) is 0 Å². The molecule has 0 saturated carbocycles. The van der Waals surface area contributed by atoms with Crippen molar-refractivity contribution >= 4 is 7.87 Å². The monoisotopic (exact) mass is 558 g/mol. The summed E-state index contributed by atoms with van der Waals surface area (Å²) in [6.07, 6.45) is 9.94. The summed E-state index contributed by atoms with van der Waals surface area (Å²) >= 11 is 0. The molecule has 184 valence electrons. The zero-order valence-corrected chi connectivity index (χ0v) is 25.0. The fourth-order valence-electron chi connectivity index (χ4n) is 4.66. The predicted octanol–water partition coefficient (Wildman–Crippen LogP) is 4.16. The molecule has 0 fully saturated rings. The van der Waals surface area contributed by atoms with Crippen molar-refractivity contribution < 1.29 is 24.0 Å². The quantitative estimate of drug-likeness (QED) is 0.164. The maximum absolute atomic E-state index is 2.97. The van der Waals surface area contributed by atoms with Crippen LogP contribution < -0.4 is 24.0 Å². The SMILES string of the molecule is CCCN(CCC)[P+](N(CCC)CCC)(N(CCC)CCC)N(CCC)CCC.[I-]. The predicted molar refractivity (Wildman–Crippen MR) is 136 cm³/mol. The molecule has 0 aromatic heterocycles. The van der Waals surface area contributed by atoms with Gasteiger partial charge in [0.15, 0.2) is 0 Å². The Morgan fingerprint density at radius 2 is 0.467 bits per heavy atom. The minimum atomic E-state index is -1.74. The van der Waals surface area contributed by atoms with Crippen molar-refractivity contribution in [3.63, 3.8) is 0 Å². The normalized spacial score (nSPS) is 12.4. The fourth-order valence-corrected chi connectivity index (χ4v) is 10.6. The molecule has 0 atom stereocenters. The largest absolute Gasteiger partial charge is 1.00 e. The topological polar surface area (TPSA) is 13.0 Å². The Bertz CT molecular complexity index is 280. The van der Waals surface area contributed by atoms with Gasteiger partial charge in [0.25, 0.3) is 0 Å². The van der Waals surface area contributed by atoms with Crippen molar-refractivity contribution in [3.8, 4) is 0 Å². The minimum absolute atomic E-state index is 0. The molecule has 0 spiro atoms. The highest BCUT2D eigenvalue weighted by Crippen LogP contribution is 2.70. The van der Waals surface area contributed by atoms with E-state index in [1.165, 1.54) is 104 Å². The van der Waals surface area contributed by atoms with Crippen LogP contribution in [0.15, 0.2) is 0 Å². The standard InChI is InChI=1S/C24H56N4P.HI/c1-9-17-25(18-10-2)29(26(19-11-3)20-12-4,27(21-13-5)22-14-6)28(23-15-7)24-16-8;/h9-24H2,1-8H3;1H/q+1;/p-1. The van der Waals surface area contributed by atoms with E-state index in [4.69, 9.17) is 0 Å². The first-order valence-corrected chi connectivity index (χ1v) is 14.6. The van der Waals surface area contributed by atoms with Crippen molar-refractivity contribution in [1.82, 2.24) is 18.7 Å². The van der Waals surface area contributed by atoms with Crippen LogP contribution in [0.5, 0.6) is 0 Å². The Morgan fingerprint density at radius 3 is 0.567 bits per heavy atom. The molecular weight excluding hydrogens is 502 g/mol. The van der Waals surface area contributed by atoms with Crippen LogP contribution in [0.4, 0.5) is 0 Å². The van der Waals surface area contributed by atoms with Crippen LogP contribution >= 0.6 is 7.87 Å². The maximum Gasteiger partial charge on any atom is 0.308 e. The number of halogens is 1. The highest BCUT2D eigenvalue weighted by molar-refractivity contribution is 7.66. The van der Waals surface area contributed by atoms with Crippen molar-refractivity contribution in [2.45, 2.75) is 107 Å². The van der Waals surface area contributed by atoms with Gasteiger partial charge in [0, 0.05) is 52.4 Å². The molecule has 0 aliphatic rings. The second-order valence-corrected chi connectivity index (χ2v) is 11.7. The second-order valence-electron chi connectivity index (χ2n) is 8.35. The van der Waals surface area contributed by atoms with E-state index in [9.17, 15) is 0 Å². The molecule has 0 unspecified atom stereocenters. The molecule has 0 radical (unpaired) electrons. The van der Waals surface area contributed by atoms with Gasteiger partial charge in [-0.05, 0) is 51.4 Å². The van der Waals surface area contributed by atoms with E-state index in [0.29, 0.717) is 0 Å². The van der Waals surface area contributed by atoms with Crippen molar-refractivity contribution in [2.75, 3.05) is 52.4 Å². The van der Waals surface area contributed by atoms with Gasteiger partial charge < -0.3 is 24.0 Å². The zero-order chi connectivity index (χ0) is 22.1. The Kier molecular flexibility index (Phi) is 22.8. The van der Waals surface area contributed by atoms with Gasteiger partial charge >= 0.3 is 7.87 Å². The van der Waals surface area contributed by atoms with Gasteiger partial charge in [-0.15, -0.1) is 18.7 Å². The molecule has 0 heterocycles. The number of rotatable bonds is 20. The summed E-state index contributed by atoms with van der Waals surface area (Å²) in [4.78, 5) is 0. The highest BCUT2D eigenvalue weighted by Gasteiger charge is 2.59. The van der Waals surface area contributed by atoms with Gasteiger partial charge in [-0.1, -0.05) is 55.4 Å². The minimum Gasteiger partial charge on any atom is -1.00 e. The number of nitrogens with zero attached hydrogens (tertiary/aromatic N) is 4. The van der Waals surface area contributed by atoms with Crippen LogP contribution in [0, 0.1) is 0 Å². The summed E-state index contributed by atoms with van der Waals surface area (Å²) in [5.41, 5.74) is 0. The van der Waals surface area contributed by atoms with E-state index in [1.54, 1.807) is 0 Å². The molecule has 0 aromatic rings. The molecule has 0 amide bonds. The van der Waals surface area contributed by atoms with Crippen LogP contribution in [0.3, 0.4) is 0 Å². The average Bonchev–Trinajstić information content (AvgIpc) is 2.70. The summed E-state index contributed by atoms with van der Waals surface area (Å²) in [6, 6.07) is 0. The summed E-state index contributed by atoms with van der Waals surface area (Å²) < 4.78 is 11.9. The molecule has 6 heteroatoms. The van der Waals surface area contributed by atoms with Crippen LogP contribution in [0.2, 0.25) is 0 Å².